The standard InChI is InChI=1S/C11H15ClN2O2/c1-3-15-10-6-8(7-14-13)5-9(12)11(10)16-4-2/h5-7H,3-4,13H2,1-2H3. The molecule has 1 aromatic rings. The average molecular weight is 243 g/mol. The van der Waals surface area contributed by atoms with Crippen LogP contribution >= 0.6 is 11.6 Å². The van der Waals surface area contributed by atoms with Crippen LogP contribution in [0.25, 0.3) is 0 Å². The molecule has 0 amide bonds. The van der Waals surface area contributed by atoms with Gasteiger partial charge in [-0.1, -0.05) is 11.6 Å². The Morgan fingerprint density at radius 2 is 2.00 bits per heavy atom. The van der Waals surface area contributed by atoms with Crippen molar-refractivity contribution in [1.29, 1.82) is 0 Å². The van der Waals surface area contributed by atoms with E-state index in [4.69, 9.17) is 26.9 Å². The van der Waals surface area contributed by atoms with Gasteiger partial charge in [0.1, 0.15) is 0 Å². The van der Waals surface area contributed by atoms with Crippen LogP contribution in [0.1, 0.15) is 19.4 Å². The lowest BCUT2D eigenvalue weighted by atomic mass is 10.2. The quantitative estimate of drug-likeness (QED) is 0.490. The summed E-state index contributed by atoms with van der Waals surface area (Å²) in [6, 6.07) is 3.52. The van der Waals surface area contributed by atoms with Crippen molar-refractivity contribution in [3.05, 3.63) is 22.7 Å². The van der Waals surface area contributed by atoms with Crippen LogP contribution in [0.15, 0.2) is 17.2 Å². The second-order valence-corrected chi connectivity index (χ2v) is 3.38. The summed E-state index contributed by atoms with van der Waals surface area (Å²) in [4.78, 5) is 0. The van der Waals surface area contributed by atoms with Crippen LogP contribution in [0.4, 0.5) is 0 Å². The zero-order valence-corrected chi connectivity index (χ0v) is 10.1. The first-order chi connectivity index (χ1) is 7.72. The lowest BCUT2D eigenvalue weighted by Crippen LogP contribution is -2.00. The largest absolute Gasteiger partial charge is 0.490 e. The zero-order chi connectivity index (χ0) is 12.0. The molecule has 88 valence electrons. The average Bonchev–Trinajstić information content (AvgIpc) is 2.24. The molecule has 4 nitrogen and oxygen atoms in total. The number of hydrogen-bond acceptors (Lipinski definition) is 4. The van der Waals surface area contributed by atoms with Gasteiger partial charge >= 0.3 is 0 Å². The first-order valence-corrected chi connectivity index (χ1v) is 5.43. The monoisotopic (exact) mass is 242 g/mol. The lowest BCUT2D eigenvalue weighted by Gasteiger charge is -2.12. The Labute approximate surface area is 100.0 Å². The van der Waals surface area contributed by atoms with E-state index in [1.165, 1.54) is 6.21 Å². The second-order valence-electron chi connectivity index (χ2n) is 2.97. The van der Waals surface area contributed by atoms with Crippen molar-refractivity contribution in [3.8, 4) is 11.5 Å². The molecule has 1 aromatic carbocycles. The number of rotatable bonds is 5. The summed E-state index contributed by atoms with van der Waals surface area (Å²) in [6.45, 7) is 4.86. The molecule has 0 heterocycles. The van der Waals surface area contributed by atoms with Gasteiger partial charge in [-0.25, -0.2) is 0 Å². The fourth-order valence-corrected chi connectivity index (χ4v) is 1.57. The minimum Gasteiger partial charge on any atom is -0.490 e. The number of hydrogen-bond donors (Lipinski definition) is 1. The third-order valence-corrected chi connectivity index (χ3v) is 2.12. The Balaban J connectivity index is 3.15. The maximum absolute atomic E-state index is 6.08. The van der Waals surface area contributed by atoms with Gasteiger partial charge in [-0.15, -0.1) is 0 Å². The number of hydrazone groups is 1. The van der Waals surface area contributed by atoms with Crippen molar-refractivity contribution in [2.75, 3.05) is 13.2 Å². The summed E-state index contributed by atoms with van der Waals surface area (Å²) in [5.74, 6) is 6.24. The summed E-state index contributed by atoms with van der Waals surface area (Å²) in [7, 11) is 0. The van der Waals surface area contributed by atoms with E-state index in [1.54, 1.807) is 12.1 Å². The Bertz CT molecular complexity index is 380. The van der Waals surface area contributed by atoms with Gasteiger partial charge in [-0.05, 0) is 31.5 Å². The normalized spacial score (nSPS) is 10.7. The summed E-state index contributed by atoms with van der Waals surface area (Å²) < 4.78 is 10.9. The minimum absolute atomic E-state index is 0.489. The van der Waals surface area contributed by atoms with Crippen LogP contribution < -0.4 is 15.3 Å². The summed E-state index contributed by atoms with van der Waals surface area (Å²) in [6.07, 6.45) is 1.50. The van der Waals surface area contributed by atoms with Gasteiger partial charge in [-0.3, -0.25) is 0 Å². The SMILES string of the molecule is CCOc1cc(C=NN)cc(Cl)c1OCC. The topological polar surface area (TPSA) is 56.8 Å². The molecule has 0 atom stereocenters. The summed E-state index contributed by atoms with van der Waals surface area (Å²) >= 11 is 6.08. The lowest BCUT2D eigenvalue weighted by molar-refractivity contribution is 0.288. The van der Waals surface area contributed by atoms with Gasteiger partial charge in [0.2, 0.25) is 0 Å². The third-order valence-electron chi connectivity index (χ3n) is 1.84. The van der Waals surface area contributed by atoms with E-state index < -0.39 is 0 Å². The van der Waals surface area contributed by atoms with Crippen molar-refractivity contribution in [2.45, 2.75) is 13.8 Å². The number of nitrogens with two attached hydrogens (primary N) is 1. The van der Waals surface area contributed by atoms with Gasteiger partial charge in [0.15, 0.2) is 11.5 Å². The fraction of sp³-hybridized carbons (Fsp3) is 0.364. The molecule has 0 unspecified atom stereocenters. The summed E-state index contributed by atoms with van der Waals surface area (Å²) in [5, 5.41) is 3.93. The maximum atomic E-state index is 6.08. The second kappa shape index (κ2) is 6.23. The van der Waals surface area contributed by atoms with Gasteiger partial charge in [-0.2, -0.15) is 5.10 Å². The predicted octanol–water partition coefficient (Wildman–Crippen LogP) is 2.43. The van der Waals surface area contributed by atoms with Crippen molar-refractivity contribution in [2.24, 2.45) is 10.9 Å². The Hall–Kier alpha value is -1.42. The molecule has 5 heteroatoms. The Morgan fingerprint density at radius 3 is 2.56 bits per heavy atom. The number of nitrogens with zero attached hydrogens (tertiary/aromatic N) is 1. The molecule has 1 rings (SSSR count). The first-order valence-electron chi connectivity index (χ1n) is 5.05. The van der Waals surface area contributed by atoms with Crippen molar-refractivity contribution in [3.63, 3.8) is 0 Å². The number of ether oxygens (including phenoxy) is 2. The molecule has 0 saturated carbocycles. The Morgan fingerprint density at radius 1 is 1.31 bits per heavy atom. The van der Waals surface area contributed by atoms with Crippen LogP contribution in [0.5, 0.6) is 11.5 Å². The molecule has 0 spiro atoms. The van der Waals surface area contributed by atoms with Crippen molar-refractivity contribution >= 4 is 17.8 Å². The van der Waals surface area contributed by atoms with E-state index in [9.17, 15) is 0 Å². The molecule has 2 N–H and O–H groups in total. The van der Waals surface area contributed by atoms with E-state index >= 15 is 0 Å². The Kier molecular flexibility index (Phi) is 4.92. The van der Waals surface area contributed by atoms with Crippen molar-refractivity contribution < 1.29 is 9.47 Å². The zero-order valence-electron chi connectivity index (χ0n) is 9.37. The van der Waals surface area contributed by atoms with E-state index in [-0.39, 0.29) is 0 Å². The van der Waals surface area contributed by atoms with Crippen LogP contribution in [0, 0.1) is 0 Å². The first kappa shape index (κ1) is 12.6. The van der Waals surface area contributed by atoms with Gasteiger partial charge in [0.05, 0.1) is 24.5 Å². The number of halogens is 1. The highest BCUT2D eigenvalue weighted by atomic mass is 35.5. The van der Waals surface area contributed by atoms with E-state index in [0.717, 1.165) is 5.56 Å². The van der Waals surface area contributed by atoms with Crippen LogP contribution in [0.3, 0.4) is 0 Å². The van der Waals surface area contributed by atoms with Crippen LogP contribution in [-0.2, 0) is 0 Å². The highest BCUT2D eigenvalue weighted by Gasteiger charge is 2.11. The predicted molar refractivity (Wildman–Crippen MR) is 65.6 cm³/mol. The van der Waals surface area contributed by atoms with Gasteiger partial charge in [0, 0.05) is 0 Å². The molecule has 0 aromatic heterocycles. The molecule has 0 aliphatic rings. The summed E-state index contributed by atoms with van der Waals surface area (Å²) in [5.41, 5.74) is 0.777. The van der Waals surface area contributed by atoms with E-state index in [2.05, 4.69) is 5.10 Å². The number of benzene rings is 1. The smallest absolute Gasteiger partial charge is 0.179 e. The molecular formula is C11H15ClN2O2. The van der Waals surface area contributed by atoms with Crippen LogP contribution in [0.2, 0.25) is 5.02 Å². The van der Waals surface area contributed by atoms with Gasteiger partial charge < -0.3 is 15.3 Å². The molecular weight excluding hydrogens is 228 g/mol. The molecule has 0 aliphatic heterocycles. The minimum atomic E-state index is 0.489. The highest BCUT2D eigenvalue weighted by molar-refractivity contribution is 6.32. The molecule has 16 heavy (non-hydrogen) atoms. The molecule has 0 radical (unpaired) electrons. The molecule has 0 fully saturated rings. The highest BCUT2D eigenvalue weighted by Crippen LogP contribution is 2.36. The van der Waals surface area contributed by atoms with Gasteiger partial charge in [0.25, 0.3) is 0 Å². The molecule has 0 bridgehead atoms. The third kappa shape index (κ3) is 3.03. The fourth-order valence-electron chi connectivity index (χ4n) is 1.30. The van der Waals surface area contributed by atoms with E-state index in [1.807, 2.05) is 13.8 Å². The molecule has 0 saturated heterocycles. The van der Waals surface area contributed by atoms with Crippen LogP contribution in [-0.4, -0.2) is 19.4 Å². The van der Waals surface area contributed by atoms with Crippen molar-refractivity contribution in [1.82, 2.24) is 0 Å². The maximum Gasteiger partial charge on any atom is 0.179 e. The molecule has 0 aliphatic carbocycles. The van der Waals surface area contributed by atoms with E-state index in [0.29, 0.717) is 29.7 Å².